The van der Waals surface area contributed by atoms with Crippen LogP contribution in [0.1, 0.15) is 32.8 Å². The third-order valence-corrected chi connectivity index (χ3v) is 3.92. The molecule has 8 heteroatoms. The van der Waals surface area contributed by atoms with Gasteiger partial charge in [-0.05, 0) is 32.4 Å². The zero-order chi connectivity index (χ0) is 20.2. The second-order valence-corrected chi connectivity index (χ2v) is 7.41. The summed E-state index contributed by atoms with van der Waals surface area (Å²) in [5, 5.41) is 9.85. The van der Waals surface area contributed by atoms with Crippen molar-refractivity contribution in [2.75, 3.05) is 13.2 Å². The van der Waals surface area contributed by atoms with Gasteiger partial charge in [0.1, 0.15) is 17.5 Å². The number of halogens is 1. The molecule has 0 bridgehead atoms. The van der Waals surface area contributed by atoms with E-state index in [-0.39, 0.29) is 24.9 Å². The second-order valence-electron chi connectivity index (χ2n) is 7.41. The first-order chi connectivity index (χ1) is 12.6. The first-order valence-electron chi connectivity index (χ1n) is 8.66. The summed E-state index contributed by atoms with van der Waals surface area (Å²) in [7, 11) is 0. The number of aliphatic hydroxyl groups is 1. The number of hydrogen-bond acceptors (Lipinski definition) is 6. The fourth-order valence-electron chi connectivity index (χ4n) is 2.82. The molecule has 1 aliphatic rings. The molecule has 1 aromatic rings. The lowest BCUT2D eigenvalue weighted by molar-refractivity contribution is -0.168. The third-order valence-electron chi connectivity index (χ3n) is 3.92. The Hall–Kier alpha value is -2.48. The highest BCUT2D eigenvalue weighted by Crippen LogP contribution is 2.21. The average molecular weight is 381 g/mol. The summed E-state index contributed by atoms with van der Waals surface area (Å²) >= 11 is 0. The van der Waals surface area contributed by atoms with E-state index < -0.39 is 48.0 Å². The topological polar surface area (TPSA) is 93.1 Å². The maximum Gasteiger partial charge on any atom is 0.344 e. The zero-order valence-corrected chi connectivity index (χ0v) is 15.6. The minimum absolute atomic E-state index is 0.00381. The number of carbonyl (C=O) groups is 3. The number of nitrogens with zero attached hydrogens (tertiary/aromatic N) is 1. The van der Waals surface area contributed by atoms with Gasteiger partial charge in [0.05, 0.1) is 12.5 Å². The van der Waals surface area contributed by atoms with E-state index in [1.807, 2.05) is 0 Å². The van der Waals surface area contributed by atoms with Gasteiger partial charge in [0, 0.05) is 13.0 Å². The van der Waals surface area contributed by atoms with E-state index in [1.54, 1.807) is 26.8 Å². The van der Waals surface area contributed by atoms with Gasteiger partial charge in [0.2, 0.25) is 5.91 Å². The van der Waals surface area contributed by atoms with E-state index in [1.165, 1.54) is 18.2 Å². The van der Waals surface area contributed by atoms with E-state index >= 15 is 0 Å². The minimum Gasteiger partial charge on any atom is -0.457 e. The molecule has 0 radical (unpaired) electrons. The Kier molecular flexibility index (Phi) is 6.54. The molecule has 7 nitrogen and oxygen atoms in total. The molecule has 0 saturated carbocycles. The number of likely N-dealkylation sites (tertiary alicyclic amines) is 1. The minimum atomic E-state index is -1.03. The first-order valence-corrected chi connectivity index (χ1v) is 8.66. The summed E-state index contributed by atoms with van der Waals surface area (Å²) in [6.07, 6.45) is -1.14. The molecule has 27 heavy (non-hydrogen) atoms. The smallest absolute Gasteiger partial charge is 0.344 e. The molecule has 148 valence electrons. The largest absolute Gasteiger partial charge is 0.457 e. The highest BCUT2D eigenvalue weighted by atomic mass is 19.1. The molecule has 0 spiro atoms. The van der Waals surface area contributed by atoms with Crippen LogP contribution in [0.4, 0.5) is 4.39 Å². The van der Waals surface area contributed by atoms with Gasteiger partial charge in [-0.25, -0.2) is 14.0 Å². The fraction of sp³-hybridized carbons (Fsp3) is 0.526. The second kappa shape index (κ2) is 8.47. The van der Waals surface area contributed by atoms with Crippen LogP contribution in [0.5, 0.6) is 0 Å². The molecule has 0 aromatic heterocycles. The molecule has 1 N–H and O–H groups in total. The Labute approximate surface area is 157 Å². The number of benzene rings is 1. The lowest BCUT2D eigenvalue weighted by Crippen LogP contribution is -2.43. The highest BCUT2D eigenvalue weighted by molar-refractivity contribution is 5.87. The Morgan fingerprint density at radius 3 is 2.56 bits per heavy atom. The van der Waals surface area contributed by atoms with Gasteiger partial charge in [0.15, 0.2) is 6.61 Å². The van der Waals surface area contributed by atoms with Crippen molar-refractivity contribution in [1.29, 1.82) is 0 Å². The van der Waals surface area contributed by atoms with Crippen LogP contribution in [0.25, 0.3) is 0 Å². The van der Waals surface area contributed by atoms with Gasteiger partial charge in [-0.2, -0.15) is 0 Å². The van der Waals surface area contributed by atoms with Crippen LogP contribution < -0.4 is 0 Å². The van der Waals surface area contributed by atoms with Crippen LogP contribution in [-0.4, -0.2) is 58.8 Å². The van der Waals surface area contributed by atoms with E-state index in [9.17, 15) is 23.9 Å². The zero-order valence-electron chi connectivity index (χ0n) is 15.6. The van der Waals surface area contributed by atoms with Crippen LogP contribution in [0.2, 0.25) is 0 Å². The Morgan fingerprint density at radius 1 is 1.26 bits per heavy atom. The number of ether oxygens (including phenoxy) is 2. The number of esters is 2. The fourth-order valence-corrected chi connectivity index (χ4v) is 2.82. The molecule has 2 atom stereocenters. The molecule has 1 amide bonds. The maximum atomic E-state index is 13.8. The van der Waals surface area contributed by atoms with Crippen LogP contribution in [-0.2, 0) is 30.3 Å². The molecule has 1 aromatic carbocycles. The van der Waals surface area contributed by atoms with Crippen LogP contribution >= 0.6 is 0 Å². The van der Waals surface area contributed by atoms with E-state index in [2.05, 4.69) is 0 Å². The summed E-state index contributed by atoms with van der Waals surface area (Å²) < 4.78 is 23.7. The molecule has 0 aliphatic carbocycles. The van der Waals surface area contributed by atoms with E-state index in [0.717, 1.165) is 4.90 Å². The number of amides is 1. The van der Waals surface area contributed by atoms with Crippen molar-refractivity contribution in [2.45, 2.75) is 51.4 Å². The van der Waals surface area contributed by atoms with Gasteiger partial charge in [-0.3, -0.25) is 4.79 Å². The van der Waals surface area contributed by atoms with Gasteiger partial charge in [0.25, 0.3) is 0 Å². The number of rotatable bonds is 5. The Bertz CT molecular complexity index is 714. The van der Waals surface area contributed by atoms with Gasteiger partial charge >= 0.3 is 11.9 Å². The quantitative estimate of drug-likeness (QED) is 0.771. The van der Waals surface area contributed by atoms with Crippen molar-refractivity contribution in [3.8, 4) is 0 Å². The molecule has 2 unspecified atom stereocenters. The van der Waals surface area contributed by atoms with Crippen molar-refractivity contribution >= 4 is 17.8 Å². The summed E-state index contributed by atoms with van der Waals surface area (Å²) in [6.45, 7) is 4.41. The third kappa shape index (κ3) is 6.02. The van der Waals surface area contributed by atoms with E-state index in [0.29, 0.717) is 0 Å². The number of aliphatic hydroxyl groups excluding tert-OH is 1. The first kappa shape index (κ1) is 20.8. The van der Waals surface area contributed by atoms with Crippen molar-refractivity contribution < 1.29 is 33.4 Å². The predicted molar refractivity (Wildman–Crippen MR) is 93.0 cm³/mol. The molecule has 1 heterocycles. The van der Waals surface area contributed by atoms with Gasteiger partial charge in [-0.15, -0.1) is 0 Å². The SMILES string of the molecule is CC(C)(C)OC(=O)COC(=O)C1CC(O)CN1C(=O)Cc1ccccc1F. The summed E-state index contributed by atoms with van der Waals surface area (Å²) in [5.74, 6) is -2.54. The highest BCUT2D eigenvalue weighted by Gasteiger charge is 2.40. The van der Waals surface area contributed by atoms with Crippen LogP contribution in [0, 0.1) is 5.82 Å². The Balaban J connectivity index is 1.98. The van der Waals surface area contributed by atoms with Crippen molar-refractivity contribution in [3.05, 3.63) is 35.6 Å². The van der Waals surface area contributed by atoms with Crippen molar-refractivity contribution in [2.24, 2.45) is 0 Å². The summed E-state index contributed by atoms with van der Waals surface area (Å²) in [6, 6.07) is 4.82. The lowest BCUT2D eigenvalue weighted by atomic mass is 10.1. The van der Waals surface area contributed by atoms with Gasteiger partial charge < -0.3 is 19.5 Å². The molecule has 1 saturated heterocycles. The average Bonchev–Trinajstić information content (AvgIpc) is 2.95. The number of hydrogen-bond donors (Lipinski definition) is 1. The van der Waals surface area contributed by atoms with Gasteiger partial charge in [-0.1, -0.05) is 18.2 Å². The molecular weight excluding hydrogens is 357 g/mol. The van der Waals surface area contributed by atoms with Crippen LogP contribution in [0.3, 0.4) is 0 Å². The van der Waals surface area contributed by atoms with Crippen LogP contribution in [0.15, 0.2) is 24.3 Å². The Morgan fingerprint density at radius 2 is 1.93 bits per heavy atom. The van der Waals surface area contributed by atoms with E-state index in [4.69, 9.17) is 9.47 Å². The molecule has 2 rings (SSSR count). The molecule has 1 aliphatic heterocycles. The number of β-amino-alcohol motifs (C(OH)–C–C–N with tert-alkyl or cyclic N) is 1. The number of carbonyl (C=O) groups excluding carboxylic acids is 3. The normalized spacial score (nSPS) is 19.7. The maximum absolute atomic E-state index is 13.8. The van der Waals surface area contributed by atoms with Crippen molar-refractivity contribution in [3.63, 3.8) is 0 Å². The summed E-state index contributed by atoms with van der Waals surface area (Å²) in [4.78, 5) is 37.6. The monoisotopic (exact) mass is 381 g/mol. The standard InChI is InChI=1S/C19H24FNO6/c1-19(2,3)27-17(24)11-26-18(25)15-9-13(22)10-21(15)16(23)8-12-6-4-5-7-14(12)20/h4-7,13,15,22H,8-11H2,1-3H3. The molecule has 1 fully saturated rings. The lowest BCUT2D eigenvalue weighted by Gasteiger charge is -2.23. The molecular formula is C19H24FNO6. The summed E-state index contributed by atoms with van der Waals surface area (Å²) in [5.41, 5.74) is -0.515. The predicted octanol–water partition coefficient (Wildman–Crippen LogP) is 1.21. The van der Waals surface area contributed by atoms with Crippen molar-refractivity contribution in [1.82, 2.24) is 4.90 Å².